The second-order valence-electron chi connectivity index (χ2n) is 5.55. The predicted molar refractivity (Wildman–Crippen MR) is 107 cm³/mol. The van der Waals surface area contributed by atoms with E-state index in [9.17, 15) is 4.79 Å². The highest BCUT2D eigenvalue weighted by atomic mass is 35.5. The fourth-order valence-electron chi connectivity index (χ4n) is 2.47. The minimum absolute atomic E-state index is 0. The van der Waals surface area contributed by atoms with Gasteiger partial charge in [-0.25, -0.2) is 4.68 Å². The molecule has 2 aromatic heterocycles. The summed E-state index contributed by atoms with van der Waals surface area (Å²) in [7, 11) is 0. The van der Waals surface area contributed by atoms with Gasteiger partial charge in [0.05, 0.1) is 16.3 Å². The number of hydrogen-bond acceptors (Lipinski definition) is 4. The molecule has 0 fully saturated rings. The van der Waals surface area contributed by atoms with Gasteiger partial charge in [0.1, 0.15) is 4.83 Å². The normalized spacial score (nSPS) is 10.7. The number of rotatable bonds is 6. The van der Waals surface area contributed by atoms with E-state index in [4.69, 9.17) is 17.3 Å². The molecule has 3 N–H and O–H groups in total. The van der Waals surface area contributed by atoms with Crippen molar-refractivity contribution in [3.05, 3.63) is 45.9 Å². The van der Waals surface area contributed by atoms with Crippen molar-refractivity contribution in [2.24, 2.45) is 5.73 Å². The second-order valence-corrected chi connectivity index (χ2v) is 7.02. The molecule has 5 nitrogen and oxygen atoms in total. The Balaban J connectivity index is 0.00000225. The van der Waals surface area contributed by atoms with Crippen LogP contribution in [0.1, 0.15) is 28.2 Å². The molecule has 1 aromatic carbocycles. The molecule has 1 amide bonds. The van der Waals surface area contributed by atoms with Crippen molar-refractivity contribution in [2.45, 2.75) is 19.8 Å². The summed E-state index contributed by atoms with van der Waals surface area (Å²) < 4.78 is 1.86. The van der Waals surface area contributed by atoms with Gasteiger partial charge in [-0.05, 0) is 56.6 Å². The third-order valence-corrected chi connectivity index (χ3v) is 5.12. The highest BCUT2D eigenvalue weighted by Gasteiger charge is 2.16. The van der Waals surface area contributed by atoms with Crippen LogP contribution in [0.4, 0.5) is 0 Å². The first kappa shape index (κ1) is 19.7. The molecule has 3 rings (SSSR count). The number of nitrogens with zero attached hydrogens (tertiary/aromatic N) is 2. The lowest BCUT2D eigenvalue weighted by Gasteiger charge is -2.03. The summed E-state index contributed by atoms with van der Waals surface area (Å²) in [4.78, 5) is 14.0. The molecule has 0 aliphatic rings. The Kier molecular flexibility index (Phi) is 6.84. The number of hydrogen-bond donors (Lipinski definition) is 2. The lowest BCUT2D eigenvalue weighted by molar-refractivity contribution is 0.0957. The Morgan fingerprint density at radius 1 is 1.32 bits per heavy atom. The summed E-state index contributed by atoms with van der Waals surface area (Å²) in [5, 5.41) is 9.20. The number of nitrogens with one attached hydrogen (secondary N) is 1. The van der Waals surface area contributed by atoms with Crippen LogP contribution in [0.3, 0.4) is 0 Å². The molecule has 0 bridgehead atoms. The summed E-state index contributed by atoms with van der Waals surface area (Å²) in [5.74, 6) is -0.0460. The molecule has 0 aliphatic carbocycles. The van der Waals surface area contributed by atoms with Gasteiger partial charge in [-0.3, -0.25) is 4.79 Å². The van der Waals surface area contributed by atoms with Crippen LogP contribution < -0.4 is 11.1 Å². The van der Waals surface area contributed by atoms with E-state index in [2.05, 4.69) is 10.4 Å². The maximum atomic E-state index is 12.3. The summed E-state index contributed by atoms with van der Waals surface area (Å²) in [5.41, 5.74) is 7.29. The van der Waals surface area contributed by atoms with Crippen LogP contribution in [0, 0.1) is 6.92 Å². The first-order chi connectivity index (χ1) is 11.6. The van der Waals surface area contributed by atoms with Crippen LogP contribution in [0.25, 0.3) is 15.9 Å². The monoisotopic (exact) mass is 398 g/mol. The number of aryl methyl sites for hydroxylation is 1. The van der Waals surface area contributed by atoms with Crippen LogP contribution >= 0.6 is 35.3 Å². The summed E-state index contributed by atoms with van der Waals surface area (Å²) in [6.45, 7) is 3.24. The van der Waals surface area contributed by atoms with Gasteiger partial charge in [0.25, 0.3) is 5.91 Å². The van der Waals surface area contributed by atoms with Crippen molar-refractivity contribution in [3.63, 3.8) is 0 Å². The number of benzene rings is 1. The van der Waals surface area contributed by atoms with E-state index in [1.807, 2.05) is 41.9 Å². The van der Waals surface area contributed by atoms with E-state index in [-0.39, 0.29) is 18.3 Å². The van der Waals surface area contributed by atoms with Gasteiger partial charge >= 0.3 is 0 Å². The molecule has 25 heavy (non-hydrogen) atoms. The van der Waals surface area contributed by atoms with E-state index in [0.717, 1.165) is 34.4 Å². The molecule has 0 radical (unpaired) electrons. The SMILES string of the molecule is Cc1nn(-c2ccc(Cl)cc2)c2sc(C(=O)NCCCCN)cc12.Cl. The molecule has 134 valence electrons. The van der Waals surface area contributed by atoms with Crippen molar-refractivity contribution in [1.29, 1.82) is 0 Å². The van der Waals surface area contributed by atoms with Crippen LogP contribution in [0.15, 0.2) is 30.3 Å². The van der Waals surface area contributed by atoms with E-state index >= 15 is 0 Å². The highest BCUT2D eigenvalue weighted by molar-refractivity contribution is 7.20. The standard InChI is InChI=1S/C17H19ClN4OS.ClH/c1-11-14-10-15(16(23)20-9-3-2-8-19)24-17(14)22(21-11)13-6-4-12(18)5-7-13;/h4-7,10H,2-3,8-9,19H2,1H3,(H,20,23);1H. The fourth-order valence-corrected chi connectivity index (χ4v) is 3.70. The number of nitrogens with two attached hydrogens (primary N) is 1. The summed E-state index contributed by atoms with van der Waals surface area (Å²) in [6, 6.07) is 9.41. The summed E-state index contributed by atoms with van der Waals surface area (Å²) in [6.07, 6.45) is 1.81. The Labute approximate surface area is 161 Å². The number of aromatic nitrogens is 2. The van der Waals surface area contributed by atoms with Crippen LogP contribution in [0.2, 0.25) is 5.02 Å². The third kappa shape index (κ3) is 4.33. The smallest absolute Gasteiger partial charge is 0.261 e. The van der Waals surface area contributed by atoms with Gasteiger partial charge in [-0.1, -0.05) is 11.6 Å². The lowest BCUT2D eigenvalue weighted by atomic mass is 10.3. The molecule has 3 aromatic rings. The molecule has 0 atom stereocenters. The van der Waals surface area contributed by atoms with Gasteiger partial charge in [-0.2, -0.15) is 5.10 Å². The van der Waals surface area contributed by atoms with Crippen molar-refractivity contribution < 1.29 is 4.79 Å². The largest absolute Gasteiger partial charge is 0.351 e. The number of thiophene rings is 1. The molecule has 0 saturated carbocycles. The Morgan fingerprint density at radius 2 is 2.04 bits per heavy atom. The minimum atomic E-state index is -0.0460. The van der Waals surface area contributed by atoms with Gasteiger partial charge in [0.2, 0.25) is 0 Å². The molecule has 8 heteroatoms. The van der Waals surface area contributed by atoms with E-state index in [0.29, 0.717) is 23.0 Å². The van der Waals surface area contributed by atoms with Gasteiger partial charge < -0.3 is 11.1 Å². The fraction of sp³-hybridized carbons (Fsp3) is 0.294. The quantitative estimate of drug-likeness (QED) is 0.617. The van der Waals surface area contributed by atoms with E-state index < -0.39 is 0 Å². The highest BCUT2D eigenvalue weighted by Crippen LogP contribution is 2.30. The van der Waals surface area contributed by atoms with Crippen LogP contribution in [0.5, 0.6) is 0 Å². The molecule has 0 spiro atoms. The van der Waals surface area contributed by atoms with Gasteiger partial charge in [0, 0.05) is 17.0 Å². The molecule has 0 unspecified atom stereocenters. The molecule has 0 aliphatic heterocycles. The van der Waals surface area contributed by atoms with Crippen LogP contribution in [-0.4, -0.2) is 28.8 Å². The molecular formula is C17H20Cl2N4OS. The minimum Gasteiger partial charge on any atom is -0.351 e. The zero-order valence-electron chi connectivity index (χ0n) is 13.8. The van der Waals surface area contributed by atoms with Gasteiger partial charge in [0.15, 0.2) is 0 Å². The third-order valence-electron chi connectivity index (χ3n) is 3.76. The van der Waals surface area contributed by atoms with Crippen molar-refractivity contribution >= 4 is 51.5 Å². The number of carbonyl (C=O) groups excluding carboxylic acids is 1. The molecular weight excluding hydrogens is 379 g/mol. The second kappa shape index (κ2) is 8.67. The van der Waals surface area contributed by atoms with E-state index in [1.54, 1.807) is 0 Å². The van der Waals surface area contributed by atoms with Gasteiger partial charge in [-0.15, -0.1) is 23.7 Å². The number of unbranched alkanes of at least 4 members (excludes halogenated alkanes) is 1. The lowest BCUT2D eigenvalue weighted by Crippen LogP contribution is -2.24. The number of amides is 1. The first-order valence-electron chi connectivity index (χ1n) is 7.83. The average molecular weight is 399 g/mol. The Bertz CT molecular complexity index is 858. The Hall–Kier alpha value is -1.60. The zero-order valence-corrected chi connectivity index (χ0v) is 16.2. The Morgan fingerprint density at radius 3 is 2.72 bits per heavy atom. The van der Waals surface area contributed by atoms with Crippen LogP contribution in [-0.2, 0) is 0 Å². The maximum Gasteiger partial charge on any atom is 0.261 e. The number of halogens is 2. The first-order valence-corrected chi connectivity index (χ1v) is 9.03. The number of carbonyl (C=O) groups is 1. The molecule has 2 heterocycles. The zero-order chi connectivity index (χ0) is 17.1. The summed E-state index contributed by atoms with van der Waals surface area (Å²) >= 11 is 7.40. The predicted octanol–water partition coefficient (Wildman–Crippen LogP) is 3.94. The average Bonchev–Trinajstić information content (AvgIpc) is 3.13. The number of fused-ring (bicyclic) bond motifs is 1. The molecule has 0 saturated heterocycles. The van der Waals surface area contributed by atoms with E-state index in [1.165, 1.54) is 11.3 Å². The van der Waals surface area contributed by atoms with Crippen molar-refractivity contribution in [1.82, 2.24) is 15.1 Å². The maximum absolute atomic E-state index is 12.3. The topological polar surface area (TPSA) is 72.9 Å². The van der Waals surface area contributed by atoms with Crippen molar-refractivity contribution in [3.8, 4) is 5.69 Å². The van der Waals surface area contributed by atoms with Crippen molar-refractivity contribution in [2.75, 3.05) is 13.1 Å².